The topological polar surface area (TPSA) is 91.4 Å². The molecule has 2 heterocycles. The summed E-state index contributed by atoms with van der Waals surface area (Å²) in [5.41, 5.74) is 1.35. The van der Waals surface area contributed by atoms with Gasteiger partial charge in [-0.15, -0.1) is 11.3 Å². The highest BCUT2D eigenvalue weighted by atomic mass is 32.1. The number of thiazole rings is 1. The molecule has 2 N–H and O–H groups in total. The van der Waals surface area contributed by atoms with Crippen molar-refractivity contribution in [3.63, 3.8) is 0 Å². The number of hydrogen-bond acceptors (Lipinski definition) is 5. The molecule has 7 nitrogen and oxygen atoms in total. The van der Waals surface area contributed by atoms with Gasteiger partial charge in [-0.25, -0.2) is 9.37 Å². The summed E-state index contributed by atoms with van der Waals surface area (Å²) in [6, 6.07) is 5.52. The van der Waals surface area contributed by atoms with E-state index >= 15 is 0 Å². The van der Waals surface area contributed by atoms with Gasteiger partial charge in [-0.05, 0) is 31.2 Å². The molecule has 1 aromatic carbocycles. The Morgan fingerprint density at radius 1 is 1.35 bits per heavy atom. The highest BCUT2D eigenvalue weighted by Crippen LogP contribution is 2.25. The van der Waals surface area contributed by atoms with E-state index in [4.69, 9.17) is 0 Å². The fourth-order valence-corrected chi connectivity index (χ4v) is 3.34. The van der Waals surface area contributed by atoms with Crippen molar-refractivity contribution in [3.8, 4) is 0 Å². The molecule has 0 bridgehead atoms. The number of amides is 3. The third-order valence-corrected chi connectivity index (χ3v) is 4.80. The van der Waals surface area contributed by atoms with E-state index in [0.29, 0.717) is 10.8 Å². The predicted molar refractivity (Wildman–Crippen MR) is 95.4 cm³/mol. The molecule has 0 aliphatic carbocycles. The van der Waals surface area contributed by atoms with Crippen molar-refractivity contribution in [2.45, 2.75) is 13.3 Å². The maximum atomic E-state index is 13.0. The number of anilines is 2. The van der Waals surface area contributed by atoms with Crippen LogP contribution in [0.1, 0.15) is 12.1 Å². The molecule has 0 radical (unpaired) electrons. The van der Waals surface area contributed by atoms with Crippen LogP contribution < -0.4 is 15.5 Å². The number of nitrogens with one attached hydrogen (secondary N) is 2. The van der Waals surface area contributed by atoms with Crippen molar-refractivity contribution in [1.82, 2.24) is 10.3 Å². The van der Waals surface area contributed by atoms with Gasteiger partial charge in [-0.2, -0.15) is 0 Å². The lowest BCUT2D eigenvalue weighted by Gasteiger charge is -2.16. The lowest BCUT2D eigenvalue weighted by atomic mass is 10.1. The maximum absolute atomic E-state index is 13.0. The summed E-state index contributed by atoms with van der Waals surface area (Å²) in [5.74, 6) is -1.90. The van der Waals surface area contributed by atoms with Gasteiger partial charge in [0.25, 0.3) is 0 Å². The fraction of sp³-hybridized carbons (Fsp3) is 0.294. The molecule has 1 saturated heterocycles. The van der Waals surface area contributed by atoms with Crippen molar-refractivity contribution >= 4 is 39.9 Å². The summed E-state index contributed by atoms with van der Waals surface area (Å²) in [5, 5.41) is 7.42. The Morgan fingerprint density at radius 3 is 2.73 bits per heavy atom. The number of aryl methyl sites for hydroxylation is 1. The molecule has 9 heteroatoms. The van der Waals surface area contributed by atoms with Crippen LogP contribution in [0.4, 0.5) is 15.2 Å². The van der Waals surface area contributed by atoms with Crippen LogP contribution in [-0.4, -0.2) is 35.8 Å². The smallest absolute Gasteiger partial charge is 0.245 e. The van der Waals surface area contributed by atoms with Crippen LogP contribution in [0.3, 0.4) is 0 Å². The minimum Gasteiger partial charge on any atom is -0.347 e. The zero-order chi connectivity index (χ0) is 18.7. The van der Waals surface area contributed by atoms with E-state index in [1.54, 1.807) is 0 Å². The second-order valence-corrected chi connectivity index (χ2v) is 6.80. The molecule has 1 fully saturated rings. The van der Waals surface area contributed by atoms with Crippen LogP contribution in [0.15, 0.2) is 29.6 Å². The summed E-state index contributed by atoms with van der Waals surface area (Å²) >= 11 is 1.30. The van der Waals surface area contributed by atoms with Crippen molar-refractivity contribution in [2.75, 3.05) is 23.3 Å². The Balaban J connectivity index is 1.51. The largest absolute Gasteiger partial charge is 0.347 e. The molecular weight excluding hydrogens is 359 g/mol. The molecule has 2 aromatic rings. The number of nitrogens with zero attached hydrogens (tertiary/aromatic N) is 2. The zero-order valence-corrected chi connectivity index (χ0v) is 14.8. The second kappa shape index (κ2) is 7.61. The number of hydrogen-bond donors (Lipinski definition) is 2. The summed E-state index contributed by atoms with van der Waals surface area (Å²) in [6.45, 7) is 1.82. The van der Waals surface area contributed by atoms with E-state index in [1.807, 2.05) is 12.3 Å². The molecule has 136 valence electrons. The monoisotopic (exact) mass is 376 g/mol. The summed E-state index contributed by atoms with van der Waals surface area (Å²) < 4.78 is 13.0. The maximum Gasteiger partial charge on any atom is 0.245 e. The molecule has 1 aliphatic rings. The van der Waals surface area contributed by atoms with Crippen LogP contribution in [0.25, 0.3) is 0 Å². The highest BCUT2D eigenvalue weighted by molar-refractivity contribution is 7.13. The minimum atomic E-state index is -0.553. The minimum absolute atomic E-state index is 0.0521. The van der Waals surface area contributed by atoms with Gasteiger partial charge >= 0.3 is 0 Å². The number of carbonyl (C=O) groups excluding carboxylic acids is 3. The number of aromatic nitrogens is 1. The van der Waals surface area contributed by atoms with Crippen molar-refractivity contribution in [3.05, 3.63) is 41.2 Å². The standard InChI is InChI=1S/C17H17FN4O3S/c1-10-9-26-17(20-10)21-14(23)7-19-16(25)11-6-15(24)22(8-11)13-4-2-12(18)3-5-13/h2-5,9,11H,6-8H2,1H3,(H,19,25)(H,20,21,23). The van der Waals surface area contributed by atoms with Gasteiger partial charge in [0.2, 0.25) is 17.7 Å². The lowest BCUT2D eigenvalue weighted by molar-refractivity contribution is -0.127. The number of halogens is 1. The molecule has 1 atom stereocenters. The highest BCUT2D eigenvalue weighted by Gasteiger charge is 2.35. The molecule has 3 amide bonds. The van der Waals surface area contributed by atoms with Gasteiger partial charge in [-0.3, -0.25) is 14.4 Å². The first-order chi connectivity index (χ1) is 12.4. The van der Waals surface area contributed by atoms with Crippen molar-refractivity contribution < 1.29 is 18.8 Å². The van der Waals surface area contributed by atoms with E-state index in [9.17, 15) is 18.8 Å². The third-order valence-electron chi connectivity index (χ3n) is 3.92. The summed E-state index contributed by atoms with van der Waals surface area (Å²) in [6.07, 6.45) is 0.0521. The van der Waals surface area contributed by atoms with Gasteiger partial charge in [0, 0.05) is 24.0 Å². The summed E-state index contributed by atoms with van der Waals surface area (Å²) in [4.78, 5) is 41.8. The third kappa shape index (κ3) is 4.23. The molecule has 1 aliphatic heterocycles. The average Bonchev–Trinajstić information content (AvgIpc) is 3.19. The van der Waals surface area contributed by atoms with Crippen LogP contribution in [0, 0.1) is 18.7 Å². The van der Waals surface area contributed by atoms with Gasteiger partial charge < -0.3 is 15.5 Å². The second-order valence-electron chi connectivity index (χ2n) is 5.94. The van der Waals surface area contributed by atoms with Crippen LogP contribution in [0.5, 0.6) is 0 Å². The first kappa shape index (κ1) is 18.0. The molecule has 3 rings (SSSR count). The van der Waals surface area contributed by atoms with E-state index in [2.05, 4.69) is 15.6 Å². The van der Waals surface area contributed by atoms with Gasteiger partial charge in [-0.1, -0.05) is 0 Å². The van der Waals surface area contributed by atoms with Gasteiger partial charge in [0.15, 0.2) is 5.13 Å². The van der Waals surface area contributed by atoms with Crippen LogP contribution in [0.2, 0.25) is 0 Å². The Morgan fingerprint density at radius 2 is 2.08 bits per heavy atom. The Labute approximate surface area is 153 Å². The Kier molecular flexibility index (Phi) is 5.27. The van der Waals surface area contributed by atoms with E-state index in [-0.39, 0.29) is 37.2 Å². The van der Waals surface area contributed by atoms with Crippen molar-refractivity contribution in [1.29, 1.82) is 0 Å². The number of carbonyl (C=O) groups is 3. The molecule has 1 unspecified atom stereocenters. The van der Waals surface area contributed by atoms with Gasteiger partial charge in [0.05, 0.1) is 18.2 Å². The van der Waals surface area contributed by atoms with Crippen LogP contribution >= 0.6 is 11.3 Å². The van der Waals surface area contributed by atoms with E-state index in [1.165, 1.54) is 40.5 Å². The zero-order valence-electron chi connectivity index (χ0n) is 14.0. The van der Waals surface area contributed by atoms with Gasteiger partial charge in [0.1, 0.15) is 5.82 Å². The molecule has 1 aromatic heterocycles. The summed E-state index contributed by atoms with van der Waals surface area (Å²) in [7, 11) is 0. The molecule has 0 spiro atoms. The number of rotatable bonds is 5. The fourth-order valence-electron chi connectivity index (χ4n) is 2.64. The molecular formula is C17H17FN4O3S. The normalized spacial score (nSPS) is 16.6. The average molecular weight is 376 g/mol. The lowest BCUT2D eigenvalue weighted by Crippen LogP contribution is -2.37. The SMILES string of the molecule is Cc1csc(NC(=O)CNC(=O)C2CC(=O)N(c3ccc(F)cc3)C2)n1. The van der Waals surface area contributed by atoms with Crippen LogP contribution in [-0.2, 0) is 14.4 Å². The first-order valence-electron chi connectivity index (χ1n) is 7.98. The predicted octanol–water partition coefficient (Wildman–Crippen LogP) is 1.70. The Bertz CT molecular complexity index is 837. The Hall–Kier alpha value is -2.81. The number of benzene rings is 1. The van der Waals surface area contributed by atoms with E-state index in [0.717, 1.165) is 5.69 Å². The quantitative estimate of drug-likeness (QED) is 0.831. The first-order valence-corrected chi connectivity index (χ1v) is 8.86. The molecule has 26 heavy (non-hydrogen) atoms. The van der Waals surface area contributed by atoms with E-state index < -0.39 is 11.7 Å². The van der Waals surface area contributed by atoms with Crippen molar-refractivity contribution in [2.24, 2.45) is 5.92 Å². The molecule has 0 saturated carbocycles.